The van der Waals surface area contributed by atoms with E-state index in [-0.39, 0.29) is 11.6 Å². The van der Waals surface area contributed by atoms with Crippen molar-refractivity contribution in [2.75, 3.05) is 48.4 Å². The van der Waals surface area contributed by atoms with Gasteiger partial charge >= 0.3 is 0 Å². The molecule has 0 unspecified atom stereocenters. The Balaban J connectivity index is 1.36. The molecule has 29 heavy (non-hydrogen) atoms. The lowest BCUT2D eigenvalue weighted by molar-refractivity contribution is 0.102. The van der Waals surface area contributed by atoms with Crippen LogP contribution in [0.15, 0.2) is 66.7 Å². The monoisotopic (exact) mass is 389 g/mol. The van der Waals surface area contributed by atoms with Crippen molar-refractivity contribution in [1.29, 1.82) is 0 Å². The molecular formula is C22H23N5O2. The highest BCUT2D eigenvalue weighted by molar-refractivity contribution is 6.02. The third kappa shape index (κ3) is 4.45. The summed E-state index contributed by atoms with van der Waals surface area (Å²) in [6, 6.07) is 21.2. The smallest absolute Gasteiger partial charge is 0.276 e. The summed E-state index contributed by atoms with van der Waals surface area (Å²) in [4.78, 5) is 17.0. The van der Waals surface area contributed by atoms with Crippen molar-refractivity contribution >= 4 is 23.1 Å². The fourth-order valence-electron chi connectivity index (χ4n) is 3.34. The molecule has 0 aliphatic carbocycles. The number of piperazine rings is 1. The normalized spacial score (nSPS) is 13.8. The van der Waals surface area contributed by atoms with Gasteiger partial charge in [-0.2, -0.15) is 0 Å². The number of hydrogen-bond donors (Lipinski definition) is 1. The van der Waals surface area contributed by atoms with E-state index in [1.165, 1.54) is 5.69 Å². The highest BCUT2D eigenvalue weighted by Gasteiger charge is 2.19. The summed E-state index contributed by atoms with van der Waals surface area (Å²) in [6.07, 6.45) is 0. The lowest BCUT2D eigenvalue weighted by atomic mass is 10.2. The Kier molecular flexibility index (Phi) is 5.56. The Labute approximate surface area is 169 Å². The molecule has 2 heterocycles. The van der Waals surface area contributed by atoms with Crippen LogP contribution in [0.5, 0.6) is 5.75 Å². The fourth-order valence-corrected chi connectivity index (χ4v) is 3.34. The Morgan fingerprint density at radius 3 is 2.34 bits per heavy atom. The van der Waals surface area contributed by atoms with Gasteiger partial charge in [0.05, 0.1) is 7.11 Å². The van der Waals surface area contributed by atoms with Gasteiger partial charge in [0, 0.05) is 43.6 Å². The topological polar surface area (TPSA) is 70.6 Å². The predicted molar refractivity (Wildman–Crippen MR) is 114 cm³/mol. The van der Waals surface area contributed by atoms with Crippen molar-refractivity contribution in [3.05, 3.63) is 72.4 Å². The number of amides is 1. The quantitative estimate of drug-likeness (QED) is 0.723. The number of aromatic nitrogens is 2. The number of hydrogen-bond acceptors (Lipinski definition) is 6. The van der Waals surface area contributed by atoms with Gasteiger partial charge in [-0.1, -0.05) is 24.3 Å². The van der Waals surface area contributed by atoms with Gasteiger partial charge in [-0.3, -0.25) is 4.79 Å². The van der Waals surface area contributed by atoms with Gasteiger partial charge in [0.2, 0.25) is 0 Å². The van der Waals surface area contributed by atoms with E-state index in [0.717, 1.165) is 32.0 Å². The van der Waals surface area contributed by atoms with Gasteiger partial charge in [0.1, 0.15) is 5.75 Å². The number of para-hydroxylation sites is 1. The molecule has 1 aliphatic rings. The second-order valence-corrected chi connectivity index (χ2v) is 6.77. The molecule has 0 radical (unpaired) electrons. The van der Waals surface area contributed by atoms with Crippen LogP contribution in [0.4, 0.5) is 17.2 Å². The van der Waals surface area contributed by atoms with Crippen molar-refractivity contribution in [2.45, 2.75) is 0 Å². The third-order valence-electron chi connectivity index (χ3n) is 4.94. The van der Waals surface area contributed by atoms with Crippen LogP contribution >= 0.6 is 0 Å². The molecule has 7 nitrogen and oxygen atoms in total. The molecule has 7 heteroatoms. The standard InChI is InChI=1S/C22H23N5O2/c1-29-19-9-5-6-17(16-19)23-22(28)20-10-11-21(25-24-20)27-14-12-26(13-15-27)18-7-3-2-4-8-18/h2-11,16H,12-15H2,1H3,(H,23,28). The van der Waals surface area contributed by atoms with Crippen LogP contribution in [-0.4, -0.2) is 49.4 Å². The molecule has 0 spiro atoms. The fraction of sp³-hybridized carbons (Fsp3) is 0.227. The number of methoxy groups -OCH3 is 1. The first-order valence-electron chi connectivity index (χ1n) is 9.57. The van der Waals surface area contributed by atoms with E-state index >= 15 is 0 Å². The number of anilines is 3. The summed E-state index contributed by atoms with van der Waals surface area (Å²) < 4.78 is 5.17. The van der Waals surface area contributed by atoms with Crippen LogP contribution in [0.25, 0.3) is 0 Å². The lowest BCUT2D eigenvalue weighted by Gasteiger charge is -2.36. The predicted octanol–water partition coefficient (Wildman–Crippen LogP) is 3.06. The maximum Gasteiger partial charge on any atom is 0.276 e. The molecule has 1 fully saturated rings. The average molecular weight is 389 g/mol. The van der Waals surface area contributed by atoms with Crippen molar-refractivity contribution in [3.8, 4) is 5.75 Å². The molecule has 3 aromatic rings. The van der Waals surface area contributed by atoms with Crippen LogP contribution in [-0.2, 0) is 0 Å². The number of nitrogens with zero attached hydrogens (tertiary/aromatic N) is 4. The van der Waals surface area contributed by atoms with Crippen molar-refractivity contribution in [1.82, 2.24) is 10.2 Å². The zero-order valence-electron chi connectivity index (χ0n) is 16.3. The molecule has 148 valence electrons. The minimum Gasteiger partial charge on any atom is -0.497 e. The van der Waals surface area contributed by atoms with Crippen LogP contribution in [0.2, 0.25) is 0 Å². The summed E-state index contributed by atoms with van der Waals surface area (Å²) in [5, 5.41) is 11.2. The molecule has 1 N–H and O–H groups in total. The van der Waals surface area contributed by atoms with Crippen LogP contribution < -0.4 is 19.9 Å². The zero-order valence-corrected chi connectivity index (χ0v) is 16.3. The van der Waals surface area contributed by atoms with E-state index in [0.29, 0.717) is 11.4 Å². The molecule has 4 rings (SSSR count). The number of rotatable bonds is 5. The Hall–Kier alpha value is -3.61. The van der Waals surface area contributed by atoms with Gasteiger partial charge in [-0.15, -0.1) is 10.2 Å². The molecule has 2 aromatic carbocycles. The molecule has 1 saturated heterocycles. The molecular weight excluding hydrogens is 366 g/mol. The first-order chi connectivity index (χ1) is 14.2. The Morgan fingerprint density at radius 2 is 1.66 bits per heavy atom. The van der Waals surface area contributed by atoms with E-state index in [2.05, 4.69) is 49.6 Å². The van der Waals surface area contributed by atoms with E-state index in [1.54, 1.807) is 25.3 Å². The first-order valence-corrected chi connectivity index (χ1v) is 9.57. The van der Waals surface area contributed by atoms with Crippen LogP contribution in [0, 0.1) is 0 Å². The zero-order chi connectivity index (χ0) is 20.1. The molecule has 1 aromatic heterocycles. The Bertz CT molecular complexity index is 954. The Morgan fingerprint density at radius 1 is 0.897 bits per heavy atom. The number of ether oxygens (including phenoxy) is 1. The van der Waals surface area contributed by atoms with Crippen molar-refractivity contribution in [2.24, 2.45) is 0 Å². The summed E-state index contributed by atoms with van der Waals surface area (Å²) in [7, 11) is 1.59. The highest BCUT2D eigenvalue weighted by Crippen LogP contribution is 2.20. The number of carbonyl (C=O) groups excluding carboxylic acids is 1. The molecule has 0 bridgehead atoms. The first kappa shape index (κ1) is 18.7. The summed E-state index contributed by atoms with van der Waals surface area (Å²) in [5.41, 5.74) is 2.17. The molecule has 0 atom stereocenters. The SMILES string of the molecule is COc1cccc(NC(=O)c2ccc(N3CCN(c4ccccc4)CC3)nn2)c1. The average Bonchev–Trinajstić information content (AvgIpc) is 2.80. The van der Waals surface area contributed by atoms with E-state index in [9.17, 15) is 4.79 Å². The number of benzene rings is 2. The van der Waals surface area contributed by atoms with Crippen LogP contribution in [0.3, 0.4) is 0 Å². The molecule has 1 amide bonds. The minimum atomic E-state index is -0.300. The summed E-state index contributed by atoms with van der Waals surface area (Å²) in [6.45, 7) is 3.56. The van der Waals surface area contributed by atoms with Crippen molar-refractivity contribution < 1.29 is 9.53 Å². The second-order valence-electron chi connectivity index (χ2n) is 6.77. The van der Waals surface area contributed by atoms with E-state index in [1.807, 2.05) is 24.3 Å². The van der Waals surface area contributed by atoms with Crippen LogP contribution in [0.1, 0.15) is 10.5 Å². The van der Waals surface area contributed by atoms with E-state index in [4.69, 9.17) is 4.74 Å². The van der Waals surface area contributed by atoms with Gasteiger partial charge in [-0.05, 0) is 36.4 Å². The summed E-state index contributed by atoms with van der Waals surface area (Å²) in [5.74, 6) is 1.17. The molecule has 1 aliphatic heterocycles. The number of carbonyl (C=O) groups is 1. The van der Waals surface area contributed by atoms with Gasteiger partial charge in [0.15, 0.2) is 11.5 Å². The number of nitrogens with one attached hydrogen (secondary N) is 1. The van der Waals surface area contributed by atoms with E-state index < -0.39 is 0 Å². The lowest BCUT2D eigenvalue weighted by Crippen LogP contribution is -2.46. The minimum absolute atomic E-state index is 0.277. The van der Waals surface area contributed by atoms with Gasteiger partial charge < -0.3 is 19.9 Å². The maximum atomic E-state index is 12.4. The highest BCUT2D eigenvalue weighted by atomic mass is 16.5. The largest absolute Gasteiger partial charge is 0.497 e. The van der Waals surface area contributed by atoms with Crippen molar-refractivity contribution in [3.63, 3.8) is 0 Å². The van der Waals surface area contributed by atoms with Gasteiger partial charge in [0.25, 0.3) is 5.91 Å². The second kappa shape index (κ2) is 8.60. The molecule has 0 saturated carbocycles. The third-order valence-corrected chi connectivity index (χ3v) is 4.94. The van der Waals surface area contributed by atoms with Gasteiger partial charge in [-0.25, -0.2) is 0 Å². The maximum absolute atomic E-state index is 12.4. The summed E-state index contributed by atoms with van der Waals surface area (Å²) >= 11 is 0.